The molecule has 0 saturated heterocycles. The normalized spacial score (nSPS) is 10.1. The molecule has 2 aromatic heterocycles. The number of pyridine rings is 1. The van der Waals surface area contributed by atoms with Crippen molar-refractivity contribution in [1.82, 2.24) is 10.1 Å². The Balaban J connectivity index is 2.48. The smallest absolute Gasteiger partial charge is 0.124 e. The predicted molar refractivity (Wildman–Crippen MR) is 44.7 cm³/mol. The monoisotopic (exact) mass is 180 g/mol. The molecule has 0 aliphatic heterocycles. The molecule has 0 bridgehead atoms. The minimum atomic E-state index is 0.593. The summed E-state index contributed by atoms with van der Waals surface area (Å²) in [6, 6.07) is 3.54. The Morgan fingerprint density at radius 3 is 2.92 bits per heavy atom. The molecular formula is C8H5ClN2O. The van der Waals surface area contributed by atoms with Gasteiger partial charge in [-0.05, 0) is 6.07 Å². The Hall–Kier alpha value is -1.35. The first-order chi connectivity index (χ1) is 5.86. The van der Waals surface area contributed by atoms with Gasteiger partial charge in [-0.1, -0.05) is 16.8 Å². The maximum atomic E-state index is 5.74. The molecule has 0 atom stereocenters. The molecule has 3 nitrogen and oxygen atoms in total. The molecule has 0 saturated carbocycles. The van der Waals surface area contributed by atoms with Gasteiger partial charge in [-0.3, -0.25) is 4.98 Å². The van der Waals surface area contributed by atoms with Crippen LogP contribution in [0.5, 0.6) is 0 Å². The summed E-state index contributed by atoms with van der Waals surface area (Å²) in [5, 5.41) is 4.35. The van der Waals surface area contributed by atoms with E-state index in [1.807, 2.05) is 0 Å². The second kappa shape index (κ2) is 2.95. The molecule has 0 aromatic carbocycles. The number of rotatable bonds is 1. The summed E-state index contributed by atoms with van der Waals surface area (Å²) in [5.74, 6) is 0. The summed E-state index contributed by atoms with van der Waals surface area (Å²) in [4.78, 5) is 3.93. The van der Waals surface area contributed by atoms with Crippen LogP contribution in [0.3, 0.4) is 0 Å². The van der Waals surface area contributed by atoms with E-state index in [4.69, 9.17) is 11.6 Å². The summed E-state index contributed by atoms with van der Waals surface area (Å²) in [7, 11) is 0. The van der Waals surface area contributed by atoms with Crippen molar-refractivity contribution in [2.45, 2.75) is 0 Å². The van der Waals surface area contributed by atoms with Crippen LogP contribution in [0.4, 0.5) is 0 Å². The highest BCUT2D eigenvalue weighted by Gasteiger charge is 2.00. The van der Waals surface area contributed by atoms with Gasteiger partial charge in [0.25, 0.3) is 0 Å². The lowest BCUT2D eigenvalue weighted by Gasteiger charge is -1.93. The summed E-state index contributed by atoms with van der Waals surface area (Å²) in [6.07, 6.45) is 4.77. The second-order valence-electron chi connectivity index (χ2n) is 2.28. The fraction of sp³-hybridized carbons (Fsp3) is 0. The molecule has 0 radical (unpaired) electrons. The zero-order valence-corrected chi connectivity index (χ0v) is 6.82. The van der Waals surface area contributed by atoms with Crippen molar-refractivity contribution in [1.29, 1.82) is 0 Å². The van der Waals surface area contributed by atoms with E-state index >= 15 is 0 Å². The average molecular weight is 181 g/mol. The Morgan fingerprint density at radius 2 is 2.25 bits per heavy atom. The molecule has 0 unspecified atom stereocenters. The number of aromatic nitrogens is 2. The molecule has 0 fully saturated rings. The first kappa shape index (κ1) is 7.31. The summed E-state index contributed by atoms with van der Waals surface area (Å²) in [5.41, 5.74) is 1.60. The summed E-state index contributed by atoms with van der Waals surface area (Å²) in [6.45, 7) is 0. The average Bonchev–Trinajstić information content (AvgIpc) is 2.56. The van der Waals surface area contributed by atoms with E-state index in [1.165, 1.54) is 6.26 Å². The maximum Gasteiger partial charge on any atom is 0.124 e. The van der Waals surface area contributed by atoms with Crippen LogP contribution in [0.15, 0.2) is 35.3 Å². The van der Waals surface area contributed by atoms with Crippen LogP contribution in [-0.4, -0.2) is 10.1 Å². The fourth-order valence-corrected chi connectivity index (χ4v) is 1.09. The topological polar surface area (TPSA) is 38.9 Å². The molecule has 2 rings (SSSR count). The van der Waals surface area contributed by atoms with E-state index in [1.54, 1.807) is 24.5 Å². The van der Waals surface area contributed by atoms with Gasteiger partial charge in [-0.25, -0.2) is 0 Å². The van der Waals surface area contributed by atoms with Gasteiger partial charge < -0.3 is 4.52 Å². The number of halogens is 1. The highest BCUT2D eigenvalue weighted by Crippen LogP contribution is 2.18. The molecule has 60 valence electrons. The third kappa shape index (κ3) is 1.31. The van der Waals surface area contributed by atoms with Crippen LogP contribution >= 0.6 is 11.6 Å². The quantitative estimate of drug-likeness (QED) is 0.677. The SMILES string of the molecule is Clc1cncc(-c2ccon2)c1. The van der Waals surface area contributed by atoms with Gasteiger partial charge in [0.2, 0.25) is 0 Å². The maximum absolute atomic E-state index is 5.74. The molecule has 12 heavy (non-hydrogen) atoms. The first-order valence-electron chi connectivity index (χ1n) is 3.37. The van der Waals surface area contributed by atoms with Crippen LogP contribution in [0.2, 0.25) is 5.02 Å². The minimum Gasteiger partial charge on any atom is -0.364 e. The van der Waals surface area contributed by atoms with E-state index in [-0.39, 0.29) is 0 Å². The van der Waals surface area contributed by atoms with E-state index in [2.05, 4.69) is 14.7 Å². The van der Waals surface area contributed by atoms with Gasteiger partial charge in [-0.15, -0.1) is 0 Å². The van der Waals surface area contributed by atoms with Crippen molar-refractivity contribution in [2.24, 2.45) is 0 Å². The third-order valence-electron chi connectivity index (χ3n) is 1.44. The minimum absolute atomic E-state index is 0.593. The molecule has 0 aliphatic carbocycles. The van der Waals surface area contributed by atoms with Gasteiger partial charge in [-0.2, -0.15) is 0 Å². The highest BCUT2D eigenvalue weighted by molar-refractivity contribution is 6.30. The van der Waals surface area contributed by atoms with Gasteiger partial charge in [0.1, 0.15) is 12.0 Å². The van der Waals surface area contributed by atoms with Crippen molar-refractivity contribution < 1.29 is 4.52 Å². The van der Waals surface area contributed by atoms with Gasteiger partial charge in [0, 0.05) is 24.0 Å². The molecule has 2 aromatic rings. The molecule has 0 amide bonds. The Morgan fingerprint density at radius 1 is 1.33 bits per heavy atom. The molecule has 0 aliphatic rings. The Kier molecular flexibility index (Phi) is 1.80. The van der Waals surface area contributed by atoms with Crippen molar-refractivity contribution in [3.63, 3.8) is 0 Å². The second-order valence-corrected chi connectivity index (χ2v) is 2.71. The molecule has 0 spiro atoms. The van der Waals surface area contributed by atoms with Crippen LogP contribution < -0.4 is 0 Å². The zero-order chi connectivity index (χ0) is 8.39. The molecular weight excluding hydrogens is 176 g/mol. The van der Waals surface area contributed by atoms with Crippen molar-refractivity contribution in [2.75, 3.05) is 0 Å². The largest absolute Gasteiger partial charge is 0.364 e. The van der Waals surface area contributed by atoms with Crippen molar-refractivity contribution >= 4 is 11.6 Å². The number of nitrogens with zero attached hydrogens (tertiary/aromatic N) is 2. The van der Waals surface area contributed by atoms with E-state index in [0.29, 0.717) is 5.02 Å². The highest BCUT2D eigenvalue weighted by atomic mass is 35.5. The van der Waals surface area contributed by atoms with Crippen molar-refractivity contribution in [3.05, 3.63) is 35.8 Å². The predicted octanol–water partition coefficient (Wildman–Crippen LogP) is 2.39. The lowest BCUT2D eigenvalue weighted by Crippen LogP contribution is -1.78. The number of hydrogen-bond donors (Lipinski definition) is 0. The van der Waals surface area contributed by atoms with Gasteiger partial charge in [0.15, 0.2) is 0 Å². The van der Waals surface area contributed by atoms with Crippen molar-refractivity contribution in [3.8, 4) is 11.3 Å². The van der Waals surface area contributed by atoms with E-state index in [0.717, 1.165) is 11.3 Å². The summed E-state index contributed by atoms with van der Waals surface area (Å²) < 4.78 is 4.69. The van der Waals surface area contributed by atoms with Gasteiger partial charge in [0.05, 0.1) is 5.02 Å². The summed E-state index contributed by atoms with van der Waals surface area (Å²) >= 11 is 5.74. The van der Waals surface area contributed by atoms with E-state index < -0.39 is 0 Å². The van der Waals surface area contributed by atoms with Crippen LogP contribution in [0.1, 0.15) is 0 Å². The van der Waals surface area contributed by atoms with E-state index in [9.17, 15) is 0 Å². The van der Waals surface area contributed by atoms with Gasteiger partial charge >= 0.3 is 0 Å². The molecule has 0 N–H and O–H groups in total. The Bertz CT molecular complexity index is 372. The zero-order valence-electron chi connectivity index (χ0n) is 6.07. The lowest BCUT2D eigenvalue weighted by atomic mass is 10.2. The Labute approximate surface area is 74.0 Å². The van der Waals surface area contributed by atoms with Crippen LogP contribution in [0, 0.1) is 0 Å². The van der Waals surface area contributed by atoms with Crippen LogP contribution in [-0.2, 0) is 0 Å². The first-order valence-corrected chi connectivity index (χ1v) is 3.75. The lowest BCUT2D eigenvalue weighted by molar-refractivity contribution is 0.422. The third-order valence-corrected chi connectivity index (χ3v) is 1.65. The fourth-order valence-electron chi connectivity index (χ4n) is 0.913. The number of hydrogen-bond acceptors (Lipinski definition) is 3. The van der Waals surface area contributed by atoms with Crippen LogP contribution in [0.25, 0.3) is 11.3 Å². The molecule has 2 heterocycles. The standard InChI is InChI=1S/C8H5ClN2O/c9-7-3-6(4-10-5-7)8-1-2-12-11-8/h1-5H. The molecule has 4 heteroatoms.